The van der Waals surface area contributed by atoms with E-state index < -0.39 is 0 Å². The molecule has 0 radical (unpaired) electrons. The first-order valence-electron chi connectivity index (χ1n) is 7.40. The molecule has 0 aliphatic rings. The van der Waals surface area contributed by atoms with Crippen molar-refractivity contribution >= 4 is 12.6 Å². The van der Waals surface area contributed by atoms with E-state index in [1.807, 2.05) is 0 Å². The molecule has 0 aliphatic carbocycles. The molecule has 0 amide bonds. The summed E-state index contributed by atoms with van der Waals surface area (Å²) in [6.45, 7) is 6.64. The monoisotopic (exact) mass is 326 g/mol. The van der Waals surface area contributed by atoms with Gasteiger partial charge in [-0.1, -0.05) is 0 Å². The molecule has 21 heavy (non-hydrogen) atoms. The Hall–Kier alpha value is 0.110. The van der Waals surface area contributed by atoms with Gasteiger partial charge in [-0.05, 0) is 12.2 Å². The third-order valence-electron chi connectivity index (χ3n) is 2.37. The van der Waals surface area contributed by atoms with Crippen molar-refractivity contribution in [2.24, 2.45) is 0 Å². The molecule has 0 rings (SSSR count). The molecule has 7 heteroatoms. The molecule has 0 spiro atoms. The van der Waals surface area contributed by atoms with Crippen molar-refractivity contribution in [1.29, 1.82) is 0 Å². The third-order valence-corrected chi connectivity index (χ3v) is 2.68. The van der Waals surface area contributed by atoms with Gasteiger partial charge in [0.25, 0.3) is 0 Å². The third kappa shape index (κ3) is 20.1. The highest BCUT2D eigenvalue weighted by molar-refractivity contribution is 7.80. The van der Waals surface area contributed by atoms with Crippen molar-refractivity contribution < 1.29 is 28.4 Å². The zero-order valence-electron chi connectivity index (χ0n) is 13.1. The quantitative estimate of drug-likeness (QED) is 0.300. The molecule has 0 aromatic carbocycles. The van der Waals surface area contributed by atoms with Crippen LogP contribution >= 0.6 is 12.6 Å². The van der Waals surface area contributed by atoms with Crippen molar-refractivity contribution in [2.45, 2.75) is 6.42 Å². The van der Waals surface area contributed by atoms with E-state index in [0.29, 0.717) is 66.1 Å². The van der Waals surface area contributed by atoms with E-state index in [0.717, 1.165) is 18.8 Å². The van der Waals surface area contributed by atoms with Crippen LogP contribution in [0.3, 0.4) is 0 Å². The standard InChI is InChI=1S/C14H30O6S/c1-15-4-5-17-8-9-19-12-13-20-11-10-18-7-6-16-3-2-14-21/h21H,2-14H2,1H3. The predicted octanol–water partition coefficient (Wildman–Crippen LogP) is 1.04. The minimum atomic E-state index is 0.569. The van der Waals surface area contributed by atoms with Crippen LogP contribution in [0.5, 0.6) is 0 Å². The molecular weight excluding hydrogens is 296 g/mol. The summed E-state index contributed by atoms with van der Waals surface area (Å²) in [7, 11) is 1.65. The Morgan fingerprint density at radius 2 is 0.857 bits per heavy atom. The highest BCUT2D eigenvalue weighted by atomic mass is 32.1. The number of ether oxygens (including phenoxy) is 6. The van der Waals surface area contributed by atoms with Gasteiger partial charge in [0.15, 0.2) is 0 Å². The summed E-state index contributed by atoms with van der Waals surface area (Å²) < 4.78 is 31.5. The van der Waals surface area contributed by atoms with Gasteiger partial charge < -0.3 is 28.4 Å². The van der Waals surface area contributed by atoms with E-state index >= 15 is 0 Å². The van der Waals surface area contributed by atoms with Crippen LogP contribution in [0.4, 0.5) is 0 Å². The van der Waals surface area contributed by atoms with Gasteiger partial charge >= 0.3 is 0 Å². The van der Waals surface area contributed by atoms with Gasteiger partial charge in [0.05, 0.1) is 66.1 Å². The van der Waals surface area contributed by atoms with E-state index in [4.69, 9.17) is 28.4 Å². The van der Waals surface area contributed by atoms with Gasteiger partial charge in [-0.15, -0.1) is 0 Å². The largest absolute Gasteiger partial charge is 0.382 e. The van der Waals surface area contributed by atoms with Crippen molar-refractivity contribution in [3.63, 3.8) is 0 Å². The zero-order valence-corrected chi connectivity index (χ0v) is 14.0. The van der Waals surface area contributed by atoms with E-state index in [1.54, 1.807) is 7.11 Å². The van der Waals surface area contributed by atoms with Gasteiger partial charge in [-0.3, -0.25) is 0 Å². The van der Waals surface area contributed by atoms with Crippen LogP contribution in [0.1, 0.15) is 6.42 Å². The van der Waals surface area contributed by atoms with Gasteiger partial charge in [-0.2, -0.15) is 12.6 Å². The lowest BCUT2D eigenvalue weighted by atomic mass is 10.5. The Bertz CT molecular complexity index is 167. The van der Waals surface area contributed by atoms with Crippen LogP contribution in [0.2, 0.25) is 0 Å². The lowest BCUT2D eigenvalue weighted by Gasteiger charge is -2.07. The molecule has 0 aliphatic heterocycles. The van der Waals surface area contributed by atoms with Crippen molar-refractivity contribution in [2.75, 3.05) is 85.5 Å². The molecular formula is C14H30O6S. The van der Waals surface area contributed by atoms with Crippen LogP contribution in [0.25, 0.3) is 0 Å². The van der Waals surface area contributed by atoms with Crippen molar-refractivity contribution in [1.82, 2.24) is 0 Å². The highest BCUT2D eigenvalue weighted by Gasteiger charge is 1.93. The molecule has 128 valence electrons. The molecule has 0 N–H and O–H groups in total. The highest BCUT2D eigenvalue weighted by Crippen LogP contribution is 1.87. The number of rotatable bonds is 18. The predicted molar refractivity (Wildman–Crippen MR) is 84.4 cm³/mol. The summed E-state index contributed by atoms with van der Waals surface area (Å²) >= 11 is 4.10. The molecule has 6 nitrogen and oxygen atoms in total. The Morgan fingerprint density at radius 3 is 1.19 bits per heavy atom. The maximum atomic E-state index is 5.36. The van der Waals surface area contributed by atoms with E-state index in [1.165, 1.54) is 0 Å². The minimum Gasteiger partial charge on any atom is -0.382 e. The normalized spacial score (nSPS) is 11.1. The first-order valence-corrected chi connectivity index (χ1v) is 8.03. The zero-order chi connectivity index (χ0) is 15.4. The van der Waals surface area contributed by atoms with Gasteiger partial charge in [-0.25, -0.2) is 0 Å². The number of thiol groups is 1. The lowest BCUT2D eigenvalue weighted by Crippen LogP contribution is -2.14. The van der Waals surface area contributed by atoms with Gasteiger partial charge in [0, 0.05) is 13.7 Å². The molecule has 0 bridgehead atoms. The van der Waals surface area contributed by atoms with E-state index in [9.17, 15) is 0 Å². The average Bonchev–Trinajstić information content (AvgIpc) is 2.50. The summed E-state index contributed by atoms with van der Waals surface area (Å²) in [5.74, 6) is 0.857. The Labute approximate surface area is 133 Å². The van der Waals surface area contributed by atoms with Crippen LogP contribution in [0.15, 0.2) is 0 Å². The van der Waals surface area contributed by atoms with Crippen LogP contribution in [-0.4, -0.2) is 85.5 Å². The smallest absolute Gasteiger partial charge is 0.0701 e. The average molecular weight is 326 g/mol. The minimum absolute atomic E-state index is 0.569. The Balaban J connectivity index is 2.90. The van der Waals surface area contributed by atoms with Gasteiger partial charge in [0.2, 0.25) is 0 Å². The fraction of sp³-hybridized carbons (Fsp3) is 1.00. The number of hydrogen-bond acceptors (Lipinski definition) is 7. The molecule has 0 saturated heterocycles. The SMILES string of the molecule is COCCOCCOCCOCCOCCOCCCS. The number of methoxy groups -OCH3 is 1. The van der Waals surface area contributed by atoms with Crippen LogP contribution < -0.4 is 0 Å². The molecule has 0 aromatic heterocycles. The second-order valence-corrected chi connectivity index (χ2v) is 4.58. The van der Waals surface area contributed by atoms with Gasteiger partial charge in [0.1, 0.15) is 0 Å². The first kappa shape index (κ1) is 21.1. The van der Waals surface area contributed by atoms with E-state index in [-0.39, 0.29) is 0 Å². The fourth-order valence-corrected chi connectivity index (χ4v) is 1.42. The van der Waals surface area contributed by atoms with Crippen LogP contribution in [-0.2, 0) is 28.4 Å². The Morgan fingerprint density at radius 1 is 0.524 bits per heavy atom. The molecule has 0 heterocycles. The molecule has 0 aromatic rings. The van der Waals surface area contributed by atoms with Crippen molar-refractivity contribution in [3.05, 3.63) is 0 Å². The summed E-state index contributed by atoms with van der Waals surface area (Å²) in [4.78, 5) is 0. The second-order valence-electron chi connectivity index (χ2n) is 4.13. The summed E-state index contributed by atoms with van der Waals surface area (Å²) in [5.41, 5.74) is 0. The van der Waals surface area contributed by atoms with E-state index in [2.05, 4.69) is 12.6 Å². The maximum absolute atomic E-state index is 5.36. The molecule has 0 unspecified atom stereocenters. The fourth-order valence-electron chi connectivity index (χ4n) is 1.29. The molecule has 0 saturated carbocycles. The second kappa shape index (κ2) is 20.1. The number of hydrogen-bond donors (Lipinski definition) is 1. The van der Waals surface area contributed by atoms with Crippen LogP contribution in [0, 0.1) is 0 Å². The first-order chi connectivity index (χ1) is 10.4. The topological polar surface area (TPSA) is 55.4 Å². The van der Waals surface area contributed by atoms with Crippen molar-refractivity contribution in [3.8, 4) is 0 Å². The summed E-state index contributed by atoms with van der Waals surface area (Å²) in [6.07, 6.45) is 0.976. The maximum Gasteiger partial charge on any atom is 0.0701 e. The lowest BCUT2D eigenvalue weighted by molar-refractivity contribution is -0.0145. The molecule has 0 atom stereocenters. The Kier molecular flexibility index (Phi) is 20.2. The molecule has 0 fully saturated rings. The summed E-state index contributed by atoms with van der Waals surface area (Å²) in [6, 6.07) is 0. The summed E-state index contributed by atoms with van der Waals surface area (Å²) in [5, 5.41) is 0.